The van der Waals surface area contributed by atoms with Gasteiger partial charge in [0.15, 0.2) is 0 Å². The van der Waals surface area contributed by atoms with E-state index >= 15 is 0 Å². The Kier molecular flexibility index (Phi) is 6.20. The quantitative estimate of drug-likeness (QED) is 0.872. The Labute approximate surface area is 144 Å². The van der Waals surface area contributed by atoms with Crippen LogP contribution >= 0.6 is 0 Å². The fourth-order valence-electron chi connectivity index (χ4n) is 2.30. The molecule has 0 spiro atoms. The Morgan fingerprint density at radius 1 is 1.21 bits per heavy atom. The summed E-state index contributed by atoms with van der Waals surface area (Å²) in [5.41, 5.74) is 1.79. The number of aryl methyl sites for hydroxylation is 1. The van der Waals surface area contributed by atoms with Gasteiger partial charge in [-0.3, -0.25) is 9.00 Å². The van der Waals surface area contributed by atoms with Crippen LogP contribution in [0, 0.1) is 18.7 Å². The average molecular weight is 348 g/mol. The number of halogens is 1. The molecule has 4 nitrogen and oxygen atoms in total. The lowest BCUT2D eigenvalue weighted by atomic mass is 9.96. The summed E-state index contributed by atoms with van der Waals surface area (Å²) in [6.07, 6.45) is 1.63. The number of hydrogen-bond acceptors (Lipinski definition) is 3. The molecule has 0 saturated carbocycles. The van der Waals surface area contributed by atoms with Crippen LogP contribution in [0.2, 0.25) is 0 Å². The third-order valence-corrected chi connectivity index (χ3v) is 4.82. The lowest BCUT2D eigenvalue weighted by molar-refractivity contribution is -0.119. The van der Waals surface area contributed by atoms with Gasteiger partial charge in [0.2, 0.25) is 5.91 Å². The first-order valence-electron chi connectivity index (χ1n) is 7.72. The third kappa shape index (κ3) is 4.96. The predicted octanol–water partition coefficient (Wildman–Crippen LogP) is 3.15. The Bertz CT molecular complexity index is 715. The highest BCUT2D eigenvalue weighted by atomic mass is 32.2. The second-order valence-corrected chi connectivity index (χ2v) is 7.40. The second-order valence-electron chi connectivity index (χ2n) is 6.00. The van der Waals surface area contributed by atoms with Gasteiger partial charge in [-0.2, -0.15) is 0 Å². The number of rotatable bonds is 6. The molecule has 24 heavy (non-hydrogen) atoms. The van der Waals surface area contributed by atoms with E-state index < -0.39 is 10.8 Å². The summed E-state index contributed by atoms with van der Waals surface area (Å²) in [5, 5.41) is 3.27. The van der Waals surface area contributed by atoms with Crippen LogP contribution in [0.25, 0.3) is 0 Å². The van der Waals surface area contributed by atoms with Crippen LogP contribution < -0.4 is 5.32 Å². The molecule has 0 aliphatic heterocycles. The lowest BCUT2D eigenvalue weighted by Gasteiger charge is -2.23. The molecule has 1 aromatic carbocycles. The molecule has 0 bridgehead atoms. The smallest absolute Gasteiger partial charge is 0.233 e. The first-order valence-corrected chi connectivity index (χ1v) is 9.04. The molecule has 2 rings (SSSR count). The maximum atomic E-state index is 13.1. The molecule has 1 amide bonds. The van der Waals surface area contributed by atoms with Gasteiger partial charge in [0.25, 0.3) is 0 Å². The Hall–Kier alpha value is -2.08. The predicted molar refractivity (Wildman–Crippen MR) is 92.4 cm³/mol. The van der Waals surface area contributed by atoms with Crippen LogP contribution in [0.1, 0.15) is 31.0 Å². The number of amides is 1. The highest BCUT2D eigenvalue weighted by Gasteiger charge is 2.20. The minimum Gasteiger partial charge on any atom is -0.348 e. The summed E-state index contributed by atoms with van der Waals surface area (Å²) >= 11 is 0. The van der Waals surface area contributed by atoms with E-state index in [1.165, 1.54) is 12.1 Å². The molecule has 6 heteroatoms. The van der Waals surface area contributed by atoms with Crippen molar-refractivity contribution in [3.63, 3.8) is 0 Å². The lowest BCUT2D eigenvalue weighted by Crippen LogP contribution is -2.34. The van der Waals surface area contributed by atoms with Crippen molar-refractivity contribution in [3.05, 3.63) is 59.5 Å². The van der Waals surface area contributed by atoms with Gasteiger partial charge in [-0.15, -0.1) is 0 Å². The summed E-state index contributed by atoms with van der Waals surface area (Å²) in [7, 11) is -1.49. The second kappa shape index (κ2) is 8.15. The number of pyridine rings is 1. The minimum absolute atomic E-state index is 0.116. The molecule has 0 unspecified atom stereocenters. The molecule has 0 radical (unpaired) electrons. The van der Waals surface area contributed by atoms with Gasteiger partial charge in [0, 0.05) is 6.20 Å². The van der Waals surface area contributed by atoms with Gasteiger partial charge in [-0.05, 0) is 42.2 Å². The van der Waals surface area contributed by atoms with Crippen LogP contribution in [-0.4, -0.2) is 20.9 Å². The number of nitrogens with one attached hydrogen (secondary N) is 1. The Morgan fingerprint density at radius 3 is 2.42 bits per heavy atom. The molecule has 2 aromatic rings. The molecular weight excluding hydrogens is 327 g/mol. The number of carbonyl (C=O) groups excluding carboxylic acids is 1. The topological polar surface area (TPSA) is 59.1 Å². The van der Waals surface area contributed by atoms with Gasteiger partial charge in [-0.25, -0.2) is 9.37 Å². The maximum Gasteiger partial charge on any atom is 0.233 e. The molecule has 128 valence electrons. The maximum absolute atomic E-state index is 13.1. The molecule has 0 aliphatic carbocycles. The number of hydrogen-bond donors (Lipinski definition) is 1. The number of benzene rings is 1. The molecule has 0 aliphatic rings. The van der Waals surface area contributed by atoms with Crippen molar-refractivity contribution in [3.8, 4) is 0 Å². The molecule has 1 heterocycles. The van der Waals surface area contributed by atoms with Crippen LogP contribution in [-0.2, 0) is 15.6 Å². The van der Waals surface area contributed by atoms with Crippen molar-refractivity contribution in [2.45, 2.75) is 31.8 Å². The number of carbonyl (C=O) groups is 1. The minimum atomic E-state index is -1.49. The van der Waals surface area contributed by atoms with Crippen molar-refractivity contribution in [2.75, 3.05) is 5.75 Å². The first kappa shape index (κ1) is 18.3. The zero-order valence-electron chi connectivity index (χ0n) is 14.0. The summed E-state index contributed by atoms with van der Waals surface area (Å²) < 4.78 is 25.3. The highest BCUT2D eigenvalue weighted by Crippen LogP contribution is 2.22. The summed E-state index contributed by atoms with van der Waals surface area (Å²) in [6.45, 7) is 5.82. The summed E-state index contributed by atoms with van der Waals surface area (Å²) in [4.78, 5) is 16.3. The number of nitrogens with zero attached hydrogens (tertiary/aromatic N) is 1. The van der Waals surface area contributed by atoms with E-state index in [9.17, 15) is 13.4 Å². The third-order valence-electron chi connectivity index (χ3n) is 3.59. The van der Waals surface area contributed by atoms with Crippen molar-refractivity contribution >= 4 is 16.7 Å². The van der Waals surface area contributed by atoms with Gasteiger partial charge in [0.05, 0.1) is 16.8 Å². The molecular formula is C18H21FN2O2S. The molecule has 2 atom stereocenters. The SMILES string of the molecule is Cc1ccc([S@](=O)CC(=O)N[C@H](c2ccc(F)cc2)C(C)C)nc1. The van der Waals surface area contributed by atoms with Crippen molar-refractivity contribution in [1.29, 1.82) is 0 Å². The van der Waals surface area contributed by atoms with E-state index in [2.05, 4.69) is 10.3 Å². The van der Waals surface area contributed by atoms with Gasteiger partial charge >= 0.3 is 0 Å². The van der Waals surface area contributed by atoms with Crippen LogP contribution in [0.5, 0.6) is 0 Å². The normalized spacial score (nSPS) is 13.5. The molecule has 1 N–H and O–H groups in total. The zero-order valence-corrected chi connectivity index (χ0v) is 14.8. The fourth-order valence-corrected chi connectivity index (χ4v) is 3.16. The zero-order chi connectivity index (χ0) is 17.7. The molecule has 0 saturated heterocycles. The summed E-state index contributed by atoms with van der Waals surface area (Å²) in [6, 6.07) is 9.25. The van der Waals surface area contributed by atoms with Crippen LogP contribution in [0.3, 0.4) is 0 Å². The van der Waals surface area contributed by atoms with E-state index in [4.69, 9.17) is 0 Å². The molecule has 0 fully saturated rings. The van der Waals surface area contributed by atoms with Gasteiger partial charge in [0.1, 0.15) is 16.6 Å². The van der Waals surface area contributed by atoms with Gasteiger partial charge in [-0.1, -0.05) is 32.0 Å². The Morgan fingerprint density at radius 2 is 1.88 bits per heavy atom. The van der Waals surface area contributed by atoms with E-state index in [0.717, 1.165) is 11.1 Å². The number of aromatic nitrogens is 1. The first-order chi connectivity index (χ1) is 11.4. The van der Waals surface area contributed by atoms with Crippen molar-refractivity contribution < 1.29 is 13.4 Å². The highest BCUT2D eigenvalue weighted by molar-refractivity contribution is 7.85. The standard InChI is InChI=1S/C18H21FN2O2S/c1-12(2)18(14-5-7-15(19)8-6-14)21-16(22)11-24(23)17-9-4-13(3)10-20-17/h4-10,12,18H,11H2,1-3H3,(H,21,22)/t18-,24+/m0/s1. The van der Waals surface area contributed by atoms with Crippen molar-refractivity contribution in [2.24, 2.45) is 5.92 Å². The van der Waals surface area contributed by atoms with Crippen LogP contribution in [0.15, 0.2) is 47.6 Å². The average Bonchev–Trinajstić information content (AvgIpc) is 2.54. The van der Waals surface area contributed by atoms with Gasteiger partial charge < -0.3 is 5.32 Å². The van der Waals surface area contributed by atoms with Crippen LogP contribution in [0.4, 0.5) is 4.39 Å². The Balaban J connectivity index is 2.04. The fraction of sp³-hybridized carbons (Fsp3) is 0.333. The van der Waals surface area contributed by atoms with E-state index in [1.807, 2.05) is 26.8 Å². The van der Waals surface area contributed by atoms with E-state index in [0.29, 0.717) is 5.03 Å². The monoisotopic (exact) mass is 348 g/mol. The largest absolute Gasteiger partial charge is 0.348 e. The van der Waals surface area contributed by atoms with E-state index in [1.54, 1.807) is 24.4 Å². The van der Waals surface area contributed by atoms with Crippen molar-refractivity contribution in [1.82, 2.24) is 10.3 Å². The summed E-state index contributed by atoms with van der Waals surface area (Å²) in [5.74, 6) is -0.677. The molecule has 1 aromatic heterocycles. The van der Waals surface area contributed by atoms with E-state index in [-0.39, 0.29) is 29.4 Å².